The third-order valence-electron chi connectivity index (χ3n) is 6.96. The molecule has 1 unspecified atom stereocenters. The lowest BCUT2D eigenvalue weighted by Crippen LogP contribution is -2.29. The summed E-state index contributed by atoms with van der Waals surface area (Å²) in [5.41, 5.74) is 1.73. The predicted octanol–water partition coefficient (Wildman–Crippen LogP) is 7.29. The van der Waals surface area contributed by atoms with Crippen LogP contribution in [0.25, 0.3) is 16.0 Å². The maximum atomic E-state index is 13.6. The highest BCUT2D eigenvalue weighted by Gasteiger charge is 2.48. The van der Waals surface area contributed by atoms with Crippen LogP contribution in [0.2, 0.25) is 0 Å². The van der Waals surface area contributed by atoms with Crippen LogP contribution in [0.3, 0.4) is 0 Å². The Hall–Kier alpha value is -4.37. The van der Waals surface area contributed by atoms with Crippen molar-refractivity contribution in [3.05, 3.63) is 83.4 Å². The van der Waals surface area contributed by atoms with Gasteiger partial charge >= 0.3 is 5.91 Å². The minimum atomic E-state index is -0.891. The lowest BCUT2D eigenvalue weighted by molar-refractivity contribution is -0.132. The van der Waals surface area contributed by atoms with E-state index in [-0.39, 0.29) is 11.3 Å². The van der Waals surface area contributed by atoms with E-state index < -0.39 is 17.7 Å². The minimum absolute atomic E-state index is 0.00460. The molecule has 1 aliphatic rings. The van der Waals surface area contributed by atoms with Gasteiger partial charge in [-0.3, -0.25) is 14.5 Å². The topological polar surface area (TPSA) is 98.2 Å². The Balaban J connectivity index is 1.58. The maximum Gasteiger partial charge on any atom is 0.301 e. The first kappa shape index (κ1) is 29.1. The smallest absolute Gasteiger partial charge is 0.301 e. The summed E-state index contributed by atoms with van der Waals surface area (Å²) in [5, 5.41) is 11.8. The number of ketones is 1. The standard InChI is InChI=1S/C33H34N2O6S/c1-4-7-8-19-41-24-13-9-21(10-14-24)29-28(30(36)22-11-15-23(16-12-22)39-5-2)31(37)32(38)35(29)33-34-26-18-17-25(40-6-3)20-27(26)42-33/h9-18,20,29,36H,4-8,19H2,1-3H3. The van der Waals surface area contributed by atoms with Gasteiger partial charge in [0.15, 0.2) is 5.13 Å². The van der Waals surface area contributed by atoms with Crippen LogP contribution in [0.5, 0.6) is 17.2 Å². The van der Waals surface area contributed by atoms with Gasteiger partial charge in [0.05, 0.1) is 41.7 Å². The molecular formula is C33H34N2O6S. The second kappa shape index (κ2) is 13.1. The van der Waals surface area contributed by atoms with Crippen molar-refractivity contribution >= 4 is 44.1 Å². The van der Waals surface area contributed by atoms with Crippen molar-refractivity contribution in [3.8, 4) is 17.2 Å². The Morgan fingerprint density at radius 3 is 2.19 bits per heavy atom. The number of fused-ring (bicyclic) bond motifs is 1. The Labute approximate surface area is 249 Å². The molecule has 9 heteroatoms. The molecule has 0 bridgehead atoms. The number of Topliss-reactive ketones (excluding diaryl/α,β-unsaturated/α-hetero) is 1. The van der Waals surface area contributed by atoms with E-state index >= 15 is 0 Å². The number of benzene rings is 3. The first-order chi connectivity index (χ1) is 20.4. The highest BCUT2D eigenvalue weighted by molar-refractivity contribution is 7.22. The number of amides is 1. The Kier molecular flexibility index (Phi) is 9.07. The van der Waals surface area contributed by atoms with Crippen LogP contribution >= 0.6 is 11.3 Å². The number of hydrogen-bond acceptors (Lipinski definition) is 8. The van der Waals surface area contributed by atoms with Crippen molar-refractivity contribution in [2.24, 2.45) is 0 Å². The van der Waals surface area contributed by atoms with Gasteiger partial charge in [-0.1, -0.05) is 43.2 Å². The van der Waals surface area contributed by atoms with E-state index in [0.29, 0.717) is 58.8 Å². The normalized spacial score (nSPS) is 16.3. The monoisotopic (exact) mass is 586 g/mol. The summed E-state index contributed by atoms with van der Waals surface area (Å²) in [6.07, 6.45) is 3.16. The second-order valence-electron chi connectivity index (χ2n) is 9.81. The maximum absolute atomic E-state index is 13.6. The van der Waals surface area contributed by atoms with Crippen molar-refractivity contribution in [2.45, 2.75) is 46.1 Å². The molecule has 1 N–H and O–H groups in total. The zero-order chi connectivity index (χ0) is 29.6. The number of thiazole rings is 1. The quantitative estimate of drug-likeness (QED) is 0.0806. The van der Waals surface area contributed by atoms with Crippen LogP contribution in [-0.2, 0) is 9.59 Å². The molecule has 4 aromatic rings. The summed E-state index contributed by atoms with van der Waals surface area (Å²) >= 11 is 1.29. The summed E-state index contributed by atoms with van der Waals surface area (Å²) in [6, 6.07) is 18.7. The predicted molar refractivity (Wildman–Crippen MR) is 165 cm³/mol. The molecule has 0 saturated carbocycles. The SMILES string of the molecule is CCCCCOc1ccc(C2C(=C(O)c3ccc(OCC)cc3)C(=O)C(=O)N2c2nc3ccc(OCC)cc3s2)cc1. The fourth-order valence-corrected chi connectivity index (χ4v) is 5.94. The van der Waals surface area contributed by atoms with Gasteiger partial charge in [0.25, 0.3) is 5.78 Å². The lowest BCUT2D eigenvalue weighted by atomic mass is 9.95. The van der Waals surface area contributed by atoms with Gasteiger partial charge in [-0.15, -0.1) is 0 Å². The molecule has 1 atom stereocenters. The summed E-state index contributed by atoms with van der Waals surface area (Å²) in [7, 11) is 0. The van der Waals surface area contributed by atoms with E-state index in [4.69, 9.17) is 19.2 Å². The minimum Gasteiger partial charge on any atom is -0.507 e. The number of nitrogens with zero attached hydrogens (tertiary/aromatic N) is 2. The molecule has 1 fully saturated rings. The molecule has 1 saturated heterocycles. The lowest BCUT2D eigenvalue weighted by Gasteiger charge is -2.23. The Bertz CT molecular complexity index is 1590. The van der Waals surface area contributed by atoms with E-state index in [1.54, 1.807) is 24.3 Å². The molecule has 3 aromatic carbocycles. The molecule has 218 valence electrons. The number of ether oxygens (including phenoxy) is 3. The molecule has 8 nitrogen and oxygen atoms in total. The molecule has 1 aliphatic heterocycles. The molecule has 5 rings (SSSR count). The number of unbranched alkanes of at least 4 members (excludes halogenated alkanes) is 2. The average Bonchev–Trinajstić information content (AvgIpc) is 3.53. The second-order valence-corrected chi connectivity index (χ2v) is 10.8. The Morgan fingerprint density at radius 2 is 1.50 bits per heavy atom. The van der Waals surface area contributed by atoms with Gasteiger partial charge in [0, 0.05) is 5.56 Å². The number of carbonyl (C=O) groups excluding carboxylic acids is 2. The fraction of sp³-hybridized carbons (Fsp3) is 0.303. The molecular weight excluding hydrogens is 552 g/mol. The largest absolute Gasteiger partial charge is 0.507 e. The zero-order valence-electron chi connectivity index (χ0n) is 24.0. The number of carbonyl (C=O) groups is 2. The highest BCUT2D eigenvalue weighted by Crippen LogP contribution is 2.45. The first-order valence-corrected chi connectivity index (χ1v) is 15.1. The van der Waals surface area contributed by atoms with Crippen LogP contribution in [0.15, 0.2) is 72.3 Å². The number of rotatable bonds is 12. The van der Waals surface area contributed by atoms with E-state index in [1.807, 2.05) is 56.3 Å². The van der Waals surface area contributed by atoms with Crippen LogP contribution in [0.4, 0.5) is 5.13 Å². The fourth-order valence-electron chi connectivity index (χ4n) is 4.92. The number of aromatic nitrogens is 1. The molecule has 0 aliphatic carbocycles. The van der Waals surface area contributed by atoms with Crippen molar-refractivity contribution < 1.29 is 28.9 Å². The van der Waals surface area contributed by atoms with Gasteiger partial charge < -0.3 is 19.3 Å². The zero-order valence-corrected chi connectivity index (χ0v) is 24.8. The van der Waals surface area contributed by atoms with E-state index in [1.165, 1.54) is 16.2 Å². The number of aliphatic hydroxyl groups excluding tert-OH is 1. The van der Waals surface area contributed by atoms with E-state index in [2.05, 4.69) is 6.92 Å². The summed E-state index contributed by atoms with van der Waals surface area (Å²) in [6.45, 7) is 7.57. The summed E-state index contributed by atoms with van der Waals surface area (Å²) in [5.74, 6) is 0.243. The highest BCUT2D eigenvalue weighted by atomic mass is 32.1. The van der Waals surface area contributed by atoms with Crippen molar-refractivity contribution in [1.82, 2.24) is 4.98 Å². The van der Waals surface area contributed by atoms with E-state index in [9.17, 15) is 14.7 Å². The molecule has 42 heavy (non-hydrogen) atoms. The number of hydrogen-bond donors (Lipinski definition) is 1. The number of anilines is 1. The molecule has 0 radical (unpaired) electrons. The number of aliphatic hydroxyl groups is 1. The average molecular weight is 587 g/mol. The van der Waals surface area contributed by atoms with Gasteiger partial charge in [-0.2, -0.15) is 0 Å². The van der Waals surface area contributed by atoms with Crippen LogP contribution in [0.1, 0.15) is 57.2 Å². The van der Waals surface area contributed by atoms with Gasteiger partial charge in [0.2, 0.25) is 0 Å². The first-order valence-electron chi connectivity index (χ1n) is 14.3. The van der Waals surface area contributed by atoms with Crippen molar-refractivity contribution in [1.29, 1.82) is 0 Å². The van der Waals surface area contributed by atoms with Crippen molar-refractivity contribution in [2.75, 3.05) is 24.7 Å². The molecule has 1 aromatic heterocycles. The third kappa shape index (κ3) is 5.97. The summed E-state index contributed by atoms with van der Waals surface area (Å²) in [4.78, 5) is 33.3. The van der Waals surface area contributed by atoms with E-state index in [0.717, 1.165) is 24.0 Å². The van der Waals surface area contributed by atoms with Crippen LogP contribution < -0.4 is 19.1 Å². The summed E-state index contributed by atoms with van der Waals surface area (Å²) < 4.78 is 17.9. The molecule has 2 heterocycles. The van der Waals surface area contributed by atoms with Crippen LogP contribution in [0, 0.1) is 0 Å². The van der Waals surface area contributed by atoms with Gasteiger partial charge in [0.1, 0.15) is 23.0 Å². The Morgan fingerprint density at radius 1 is 0.857 bits per heavy atom. The van der Waals surface area contributed by atoms with Crippen LogP contribution in [-0.4, -0.2) is 41.6 Å². The molecule has 0 spiro atoms. The van der Waals surface area contributed by atoms with Gasteiger partial charge in [-0.25, -0.2) is 4.98 Å². The molecule has 1 amide bonds. The van der Waals surface area contributed by atoms with Gasteiger partial charge in [-0.05, 0) is 80.4 Å². The van der Waals surface area contributed by atoms with Crippen molar-refractivity contribution in [3.63, 3.8) is 0 Å². The third-order valence-corrected chi connectivity index (χ3v) is 7.98.